The molecule has 1 saturated heterocycles. The van der Waals surface area contributed by atoms with Crippen LogP contribution in [0.4, 0.5) is 11.4 Å². The van der Waals surface area contributed by atoms with Crippen LogP contribution in [0.25, 0.3) is 0 Å². The third kappa shape index (κ3) is 5.80. The zero-order valence-electron chi connectivity index (χ0n) is 18.5. The van der Waals surface area contributed by atoms with Crippen LogP contribution in [0.2, 0.25) is 0 Å². The Hall–Kier alpha value is -2.98. The van der Waals surface area contributed by atoms with Gasteiger partial charge in [-0.15, -0.1) is 0 Å². The lowest BCUT2D eigenvalue weighted by atomic mass is 10.1. The highest BCUT2D eigenvalue weighted by molar-refractivity contribution is 5.58. The zero-order chi connectivity index (χ0) is 21.3. The van der Waals surface area contributed by atoms with Crippen molar-refractivity contribution in [1.29, 1.82) is 0 Å². The van der Waals surface area contributed by atoms with Crippen LogP contribution in [0.3, 0.4) is 0 Å². The summed E-state index contributed by atoms with van der Waals surface area (Å²) in [4.78, 5) is 5.00. The summed E-state index contributed by atoms with van der Waals surface area (Å²) in [6.45, 7) is 9.05. The third-order valence-electron chi connectivity index (χ3n) is 5.96. The molecule has 162 valence electrons. The third-order valence-corrected chi connectivity index (χ3v) is 5.96. The average molecular weight is 416 g/mol. The first kappa shape index (κ1) is 21.3. The van der Waals surface area contributed by atoms with Crippen molar-refractivity contribution >= 4 is 11.4 Å². The summed E-state index contributed by atoms with van der Waals surface area (Å²) in [5.41, 5.74) is 5.06. The summed E-state index contributed by atoms with van der Waals surface area (Å²) < 4.78 is 6.17. The Morgan fingerprint density at radius 2 is 1.52 bits per heavy atom. The van der Waals surface area contributed by atoms with E-state index in [1.165, 1.54) is 22.5 Å². The summed E-state index contributed by atoms with van der Waals surface area (Å²) in [5.74, 6) is 0.970. The first-order valence-corrected chi connectivity index (χ1v) is 11.4. The highest BCUT2D eigenvalue weighted by atomic mass is 16.5. The van der Waals surface area contributed by atoms with Gasteiger partial charge in [-0.3, -0.25) is 4.90 Å². The second-order valence-corrected chi connectivity index (χ2v) is 8.01. The van der Waals surface area contributed by atoms with Gasteiger partial charge in [0.2, 0.25) is 0 Å². The number of benzene rings is 3. The van der Waals surface area contributed by atoms with Gasteiger partial charge in [-0.05, 0) is 35.7 Å². The number of piperazine rings is 1. The number of ether oxygens (including phenoxy) is 1. The molecule has 0 saturated carbocycles. The Bertz CT molecular complexity index is 936. The molecule has 0 aliphatic carbocycles. The van der Waals surface area contributed by atoms with Crippen LogP contribution in [0.1, 0.15) is 18.1 Å². The van der Waals surface area contributed by atoms with E-state index in [0.29, 0.717) is 6.61 Å². The van der Waals surface area contributed by atoms with Crippen LogP contribution in [0.15, 0.2) is 78.9 Å². The standard InChI is InChI=1S/C27H33N3O/c1-2-24-12-6-7-13-25(24)28-16-17-29-18-20-30(21-19-29)26-14-8-9-15-27(26)31-22-23-10-4-3-5-11-23/h3-15,28H,2,16-22H2,1H3. The largest absolute Gasteiger partial charge is 0.487 e. The molecular weight excluding hydrogens is 382 g/mol. The van der Waals surface area contributed by atoms with E-state index < -0.39 is 0 Å². The molecule has 0 amide bonds. The summed E-state index contributed by atoms with van der Waals surface area (Å²) >= 11 is 0. The lowest BCUT2D eigenvalue weighted by Gasteiger charge is -2.36. The number of aryl methyl sites for hydroxylation is 1. The van der Waals surface area contributed by atoms with Crippen molar-refractivity contribution in [2.24, 2.45) is 0 Å². The molecule has 4 nitrogen and oxygen atoms in total. The van der Waals surface area contributed by atoms with Gasteiger partial charge in [0.15, 0.2) is 0 Å². The van der Waals surface area contributed by atoms with E-state index in [2.05, 4.69) is 94.8 Å². The normalized spacial score (nSPS) is 14.4. The predicted octanol–water partition coefficient (Wildman–Crippen LogP) is 5.06. The second kappa shape index (κ2) is 10.9. The molecule has 4 heteroatoms. The van der Waals surface area contributed by atoms with E-state index in [1.807, 2.05) is 6.07 Å². The molecule has 0 aromatic heterocycles. The molecule has 4 rings (SSSR count). The molecule has 0 unspecified atom stereocenters. The Kier molecular flexibility index (Phi) is 7.46. The van der Waals surface area contributed by atoms with E-state index in [1.54, 1.807) is 0 Å². The van der Waals surface area contributed by atoms with Crippen LogP contribution in [0, 0.1) is 0 Å². The van der Waals surface area contributed by atoms with Gasteiger partial charge in [0.05, 0.1) is 5.69 Å². The van der Waals surface area contributed by atoms with Crippen molar-refractivity contribution < 1.29 is 4.74 Å². The topological polar surface area (TPSA) is 27.7 Å². The minimum absolute atomic E-state index is 0.600. The Morgan fingerprint density at radius 3 is 2.32 bits per heavy atom. The highest BCUT2D eigenvalue weighted by Crippen LogP contribution is 2.29. The smallest absolute Gasteiger partial charge is 0.143 e. The summed E-state index contributed by atoms with van der Waals surface area (Å²) in [6, 6.07) is 27.4. The first-order chi connectivity index (χ1) is 15.3. The molecule has 1 aliphatic heterocycles. The molecule has 1 fully saturated rings. The maximum absolute atomic E-state index is 6.17. The Morgan fingerprint density at radius 1 is 0.806 bits per heavy atom. The number of anilines is 2. The summed E-state index contributed by atoms with van der Waals surface area (Å²) in [7, 11) is 0. The van der Waals surface area contributed by atoms with Crippen molar-refractivity contribution in [2.75, 3.05) is 49.5 Å². The molecule has 0 bridgehead atoms. The van der Waals surface area contributed by atoms with Crippen molar-refractivity contribution in [3.8, 4) is 5.75 Å². The van der Waals surface area contributed by atoms with Gasteiger partial charge in [0.1, 0.15) is 12.4 Å². The number of hydrogen-bond donors (Lipinski definition) is 1. The molecule has 1 N–H and O–H groups in total. The Labute approximate surface area is 186 Å². The fourth-order valence-electron chi connectivity index (χ4n) is 4.14. The molecule has 0 radical (unpaired) electrons. The van der Waals surface area contributed by atoms with E-state index in [9.17, 15) is 0 Å². The van der Waals surface area contributed by atoms with Gasteiger partial charge in [0, 0.05) is 45.0 Å². The molecule has 1 aliphatic rings. The van der Waals surface area contributed by atoms with E-state index >= 15 is 0 Å². The van der Waals surface area contributed by atoms with Gasteiger partial charge in [0.25, 0.3) is 0 Å². The van der Waals surface area contributed by atoms with Crippen LogP contribution < -0.4 is 15.0 Å². The van der Waals surface area contributed by atoms with Gasteiger partial charge >= 0.3 is 0 Å². The fourth-order valence-corrected chi connectivity index (χ4v) is 4.14. The lowest BCUT2D eigenvalue weighted by Crippen LogP contribution is -2.47. The van der Waals surface area contributed by atoms with E-state index in [0.717, 1.165) is 51.4 Å². The van der Waals surface area contributed by atoms with Gasteiger partial charge in [-0.2, -0.15) is 0 Å². The molecule has 0 spiro atoms. The molecule has 3 aromatic carbocycles. The maximum Gasteiger partial charge on any atom is 0.143 e. The van der Waals surface area contributed by atoms with Crippen molar-refractivity contribution in [2.45, 2.75) is 20.0 Å². The van der Waals surface area contributed by atoms with E-state index in [4.69, 9.17) is 4.74 Å². The SMILES string of the molecule is CCc1ccccc1NCCN1CCN(c2ccccc2OCc2ccccc2)CC1. The van der Waals surface area contributed by atoms with Crippen molar-refractivity contribution in [3.63, 3.8) is 0 Å². The number of hydrogen-bond acceptors (Lipinski definition) is 4. The molecular formula is C27H33N3O. The Balaban J connectivity index is 1.27. The molecule has 0 atom stereocenters. The predicted molar refractivity (Wildman–Crippen MR) is 130 cm³/mol. The van der Waals surface area contributed by atoms with Gasteiger partial charge < -0.3 is 15.0 Å². The fraction of sp³-hybridized carbons (Fsp3) is 0.333. The van der Waals surface area contributed by atoms with Gasteiger partial charge in [-0.25, -0.2) is 0 Å². The minimum atomic E-state index is 0.600. The van der Waals surface area contributed by atoms with Crippen molar-refractivity contribution in [3.05, 3.63) is 90.0 Å². The maximum atomic E-state index is 6.17. The monoisotopic (exact) mass is 415 g/mol. The first-order valence-electron chi connectivity index (χ1n) is 11.4. The van der Waals surface area contributed by atoms with Crippen LogP contribution in [-0.2, 0) is 13.0 Å². The number of rotatable bonds is 9. The highest BCUT2D eigenvalue weighted by Gasteiger charge is 2.19. The van der Waals surface area contributed by atoms with Crippen molar-refractivity contribution in [1.82, 2.24) is 4.90 Å². The zero-order valence-corrected chi connectivity index (χ0v) is 18.5. The van der Waals surface area contributed by atoms with Gasteiger partial charge in [-0.1, -0.05) is 67.6 Å². The number of para-hydroxylation sites is 3. The van der Waals surface area contributed by atoms with E-state index in [-0.39, 0.29) is 0 Å². The molecule has 3 aromatic rings. The molecule has 31 heavy (non-hydrogen) atoms. The lowest BCUT2D eigenvalue weighted by molar-refractivity contribution is 0.264. The van der Waals surface area contributed by atoms with Crippen LogP contribution >= 0.6 is 0 Å². The minimum Gasteiger partial charge on any atom is -0.487 e. The second-order valence-electron chi connectivity index (χ2n) is 8.01. The summed E-state index contributed by atoms with van der Waals surface area (Å²) in [5, 5.41) is 3.62. The quantitative estimate of drug-likeness (QED) is 0.529. The number of nitrogens with one attached hydrogen (secondary N) is 1. The molecule has 1 heterocycles. The number of nitrogens with zero attached hydrogens (tertiary/aromatic N) is 2. The van der Waals surface area contributed by atoms with Crippen LogP contribution in [0.5, 0.6) is 5.75 Å². The average Bonchev–Trinajstić information content (AvgIpc) is 2.84. The summed E-state index contributed by atoms with van der Waals surface area (Å²) in [6.07, 6.45) is 1.06. The van der Waals surface area contributed by atoms with Crippen LogP contribution in [-0.4, -0.2) is 44.2 Å².